The molecule has 18 heavy (non-hydrogen) atoms. The second kappa shape index (κ2) is 5.44. The van der Waals surface area contributed by atoms with Crippen LogP contribution in [-0.4, -0.2) is 37.0 Å². The van der Waals surface area contributed by atoms with Crippen molar-refractivity contribution in [2.45, 2.75) is 18.9 Å². The van der Waals surface area contributed by atoms with Gasteiger partial charge in [-0.15, -0.1) is 0 Å². The number of hydrogen-bond donors (Lipinski definition) is 1. The number of rotatable bonds is 3. The zero-order chi connectivity index (χ0) is 13.1. The summed E-state index contributed by atoms with van der Waals surface area (Å²) in [5.41, 5.74) is -0.474. The van der Waals surface area contributed by atoms with Crippen molar-refractivity contribution >= 4 is 5.91 Å². The first kappa shape index (κ1) is 13.0. The molecule has 1 N–H and O–H groups in total. The minimum atomic E-state index is -0.814. The number of hydrogen-bond acceptors (Lipinski definition) is 2. The van der Waals surface area contributed by atoms with Crippen LogP contribution >= 0.6 is 0 Å². The maximum Gasteiger partial charge on any atom is 0.259 e. The van der Waals surface area contributed by atoms with E-state index in [1.165, 1.54) is 11.0 Å². The van der Waals surface area contributed by atoms with Gasteiger partial charge in [0, 0.05) is 19.6 Å². The Morgan fingerprint density at radius 3 is 2.67 bits per heavy atom. The van der Waals surface area contributed by atoms with Crippen molar-refractivity contribution in [2.24, 2.45) is 0 Å². The van der Waals surface area contributed by atoms with Crippen LogP contribution in [0.2, 0.25) is 0 Å². The van der Waals surface area contributed by atoms with E-state index in [2.05, 4.69) is 5.32 Å². The second-order valence-electron chi connectivity index (χ2n) is 4.58. The van der Waals surface area contributed by atoms with Crippen LogP contribution in [0.25, 0.3) is 0 Å². The molecule has 1 atom stereocenters. The molecule has 3 nitrogen and oxygen atoms in total. The smallest absolute Gasteiger partial charge is 0.259 e. The predicted molar refractivity (Wildman–Crippen MR) is 64.3 cm³/mol. The third kappa shape index (κ3) is 2.67. The molecule has 1 aromatic carbocycles. The van der Waals surface area contributed by atoms with Gasteiger partial charge in [0.05, 0.1) is 0 Å². The SMILES string of the molecule is CN(CC1CCCN1)C(=O)c1c(F)cccc1F. The van der Waals surface area contributed by atoms with Crippen LogP contribution in [0.3, 0.4) is 0 Å². The molecule has 0 spiro atoms. The number of carbonyl (C=O) groups excluding carboxylic acids is 1. The van der Waals surface area contributed by atoms with Gasteiger partial charge in [-0.25, -0.2) is 8.78 Å². The van der Waals surface area contributed by atoms with E-state index < -0.39 is 23.1 Å². The van der Waals surface area contributed by atoms with Gasteiger partial charge in [-0.1, -0.05) is 6.07 Å². The molecule has 0 radical (unpaired) electrons. The Morgan fingerprint density at radius 2 is 2.11 bits per heavy atom. The molecule has 1 heterocycles. The van der Waals surface area contributed by atoms with Gasteiger partial charge in [-0.05, 0) is 31.5 Å². The van der Waals surface area contributed by atoms with Gasteiger partial charge < -0.3 is 10.2 Å². The summed E-state index contributed by atoms with van der Waals surface area (Å²) in [5.74, 6) is -2.24. The minimum absolute atomic E-state index is 0.216. The van der Waals surface area contributed by atoms with Gasteiger partial charge in [0.1, 0.15) is 17.2 Å². The van der Waals surface area contributed by atoms with Gasteiger partial charge in [-0.3, -0.25) is 4.79 Å². The van der Waals surface area contributed by atoms with Crippen LogP contribution < -0.4 is 5.32 Å². The van der Waals surface area contributed by atoms with Gasteiger partial charge in [-0.2, -0.15) is 0 Å². The van der Waals surface area contributed by atoms with E-state index >= 15 is 0 Å². The van der Waals surface area contributed by atoms with Crippen molar-refractivity contribution in [3.05, 3.63) is 35.4 Å². The summed E-state index contributed by atoms with van der Waals surface area (Å²) >= 11 is 0. The largest absolute Gasteiger partial charge is 0.340 e. The van der Waals surface area contributed by atoms with Crippen LogP contribution in [-0.2, 0) is 0 Å². The van der Waals surface area contributed by atoms with E-state index in [9.17, 15) is 13.6 Å². The summed E-state index contributed by atoms with van der Waals surface area (Å²) < 4.78 is 26.9. The van der Waals surface area contributed by atoms with E-state index in [1.54, 1.807) is 7.05 Å². The van der Waals surface area contributed by atoms with Crippen LogP contribution in [0.15, 0.2) is 18.2 Å². The van der Waals surface area contributed by atoms with E-state index in [0.29, 0.717) is 6.54 Å². The van der Waals surface area contributed by atoms with Crippen molar-refractivity contribution in [3.8, 4) is 0 Å². The number of carbonyl (C=O) groups is 1. The molecule has 1 aromatic rings. The summed E-state index contributed by atoms with van der Waals surface area (Å²) in [6.45, 7) is 1.40. The van der Waals surface area contributed by atoms with Gasteiger partial charge in [0.25, 0.3) is 5.91 Å². The number of likely N-dealkylation sites (N-methyl/N-ethyl adjacent to an activating group) is 1. The third-order valence-electron chi connectivity index (χ3n) is 3.18. The lowest BCUT2D eigenvalue weighted by Gasteiger charge is -2.21. The Bertz CT molecular complexity index is 424. The molecule has 1 fully saturated rings. The third-order valence-corrected chi connectivity index (χ3v) is 3.18. The molecule has 0 bridgehead atoms. The Morgan fingerprint density at radius 1 is 1.44 bits per heavy atom. The summed E-state index contributed by atoms with van der Waals surface area (Å²) in [6, 6.07) is 3.66. The molecular weight excluding hydrogens is 238 g/mol. The topological polar surface area (TPSA) is 32.3 Å². The molecule has 1 unspecified atom stereocenters. The Kier molecular flexibility index (Phi) is 3.91. The maximum absolute atomic E-state index is 13.5. The van der Waals surface area contributed by atoms with Crippen LogP contribution in [0.1, 0.15) is 23.2 Å². The Balaban J connectivity index is 2.10. The summed E-state index contributed by atoms with van der Waals surface area (Å²) in [6.07, 6.45) is 2.05. The molecule has 0 aromatic heterocycles. The number of amides is 1. The fourth-order valence-corrected chi connectivity index (χ4v) is 2.22. The fraction of sp³-hybridized carbons (Fsp3) is 0.462. The van der Waals surface area contributed by atoms with Gasteiger partial charge >= 0.3 is 0 Å². The molecule has 1 aliphatic heterocycles. The Hall–Kier alpha value is -1.49. The predicted octanol–water partition coefficient (Wildman–Crippen LogP) is 1.79. The molecule has 1 aliphatic rings. The first-order valence-electron chi connectivity index (χ1n) is 6.02. The number of halogens is 2. The van der Waals surface area contributed by atoms with Gasteiger partial charge in [0.2, 0.25) is 0 Å². The van der Waals surface area contributed by atoms with Crippen LogP contribution in [0.4, 0.5) is 8.78 Å². The van der Waals surface area contributed by atoms with Crippen molar-refractivity contribution in [1.29, 1.82) is 0 Å². The maximum atomic E-state index is 13.5. The van der Waals surface area contributed by atoms with E-state index in [4.69, 9.17) is 0 Å². The van der Waals surface area contributed by atoms with Crippen LogP contribution in [0.5, 0.6) is 0 Å². The highest BCUT2D eigenvalue weighted by Crippen LogP contribution is 2.15. The van der Waals surface area contributed by atoms with Crippen molar-refractivity contribution < 1.29 is 13.6 Å². The van der Waals surface area contributed by atoms with Crippen molar-refractivity contribution in [2.75, 3.05) is 20.1 Å². The average Bonchev–Trinajstić information content (AvgIpc) is 2.81. The standard InChI is InChI=1S/C13H16F2N2O/c1-17(8-9-4-3-7-16-9)13(18)12-10(14)5-2-6-11(12)15/h2,5-6,9,16H,3-4,7-8H2,1H3. The molecular formula is C13H16F2N2O. The lowest BCUT2D eigenvalue weighted by atomic mass is 10.1. The zero-order valence-electron chi connectivity index (χ0n) is 10.2. The second-order valence-corrected chi connectivity index (χ2v) is 4.58. The normalized spacial score (nSPS) is 18.9. The zero-order valence-corrected chi connectivity index (χ0v) is 10.2. The number of benzene rings is 1. The molecule has 0 saturated carbocycles. The Labute approximate surface area is 105 Å². The van der Waals surface area contributed by atoms with Gasteiger partial charge in [0.15, 0.2) is 0 Å². The van der Waals surface area contributed by atoms with Crippen LogP contribution in [0, 0.1) is 11.6 Å². The average molecular weight is 254 g/mol. The fourth-order valence-electron chi connectivity index (χ4n) is 2.22. The molecule has 5 heteroatoms. The minimum Gasteiger partial charge on any atom is -0.340 e. The molecule has 98 valence electrons. The molecule has 1 saturated heterocycles. The molecule has 2 rings (SSSR count). The van der Waals surface area contributed by atoms with Crippen molar-refractivity contribution in [1.82, 2.24) is 10.2 Å². The summed E-state index contributed by atoms with van der Waals surface area (Å²) in [7, 11) is 1.56. The lowest BCUT2D eigenvalue weighted by molar-refractivity contribution is 0.0774. The van der Waals surface area contributed by atoms with Crippen molar-refractivity contribution in [3.63, 3.8) is 0 Å². The lowest BCUT2D eigenvalue weighted by Crippen LogP contribution is -2.39. The highest BCUT2D eigenvalue weighted by molar-refractivity contribution is 5.94. The molecule has 0 aliphatic carbocycles. The molecule has 1 amide bonds. The quantitative estimate of drug-likeness (QED) is 0.892. The van der Waals surface area contributed by atoms with E-state index in [1.807, 2.05) is 0 Å². The first-order valence-corrected chi connectivity index (χ1v) is 6.02. The monoisotopic (exact) mass is 254 g/mol. The number of nitrogens with one attached hydrogen (secondary N) is 1. The number of nitrogens with zero attached hydrogens (tertiary/aromatic N) is 1. The van der Waals surface area contributed by atoms with E-state index in [0.717, 1.165) is 31.5 Å². The van der Waals surface area contributed by atoms with E-state index in [-0.39, 0.29) is 6.04 Å². The summed E-state index contributed by atoms with van der Waals surface area (Å²) in [4.78, 5) is 13.4. The highest BCUT2D eigenvalue weighted by atomic mass is 19.1. The summed E-state index contributed by atoms with van der Waals surface area (Å²) in [5, 5.41) is 3.24. The highest BCUT2D eigenvalue weighted by Gasteiger charge is 2.23. The first-order chi connectivity index (χ1) is 8.59.